The van der Waals surface area contributed by atoms with Crippen molar-refractivity contribution in [2.24, 2.45) is 0 Å². The molecule has 0 unspecified atom stereocenters. The van der Waals surface area contributed by atoms with Gasteiger partial charge in [-0.25, -0.2) is 4.79 Å². The molecule has 16 heavy (non-hydrogen) atoms. The summed E-state index contributed by atoms with van der Waals surface area (Å²) in [5.41, 5.74) is 0.638. The molecule has 0 aromatic rings. The Morgan fingerprint density at radius 2 is 2.06 bits per heavy atom. The van der Waals surface area contributed by atoms with Gasteiger partial charge in [0.1, 0.15) is 0 Å². The van der Waals surface area contributed by atoms with Crippen LogP contribution in [0.5, 0.6) is 0 Å². The highest BCUT2D eigenvalue weighted by Crippen LogP contribution is 1.96. The van der Waals surface area contributed by atoms with Crippen LogP contribution in [-0.2, 0) is 14.3 Å². The second-order valence-corrected chi connectivity index (χ2v) is 4.06. The van der Waals surface area contributed by atoms with E-state index >= 15 is 0 Å². The van der Waals surface area contributed by atoms with Gasteiger partial charge in [0.2, 0.25) is 0 Å². The molecular weight excluding hydrogens is 206 g/mol. The molecule has 0 N–H and O–H groups in total. The summed E-state index contributed by atoms with van der Waals surface area (Å²) in [6.45, 7) is 8.07. The van der Waals surface area contributed by atoms with Gasteiger partial charge in [0, 0.05) is 18.7 Å². The number of esters is 1. The van der Waals surface area contributed by atoms with Gasteiger partial charge in [-0.2, -0.15) is 0 Å². The van der Waals surface area contributed by atoms with E-state index in [1.54, 1.807) is 6.92 Å². The first-order valence-corrected chi connectivity index (χ1v) is 5.52. The molecule has 0 atom stereocenters. The molecule has 4 nitrogen and oxygen atoms in total. The molecule has 0 bridgehead atoms. The van der Waals surface area contributed by atoms with E-state index in [4.69, 9.17) is 4.74 Å². The number of hydrogen-bond donors (Lipinski definition) is 0. The Labute approximate surface area is 98.2 Å². The minimum atomic E-state index is -0.271. The molecule has 0 aromatic heterocycles. The fourth-order valence-corrected chi connectivity index (χ4v) is 1.07. The molecule has 0 radical (unpaired) electrons. The maximum atomic E-state index is 11.1. The minimum absolute atomic E-state index is 0.265. The molecule has 0 saturated heterocycles. The van der Waals surface area contributed by atoms with Crippen LogP contribution >= 0.6 is 0 Å². The first kappa shape index (κ1) is 15.1. The van der Waals surface area contributed by atoms with Gasteiger partial charge in [0.05, 0.1) is 19.8 Å². The second-order valence-electron chi connectivity index (χ2n) is 4.06. The van der Waals surface area contributed by atoms with Gasteiger partial charge >= 0.3 is 5.97 Å². The molecule has 94 valence electrons. The highest BCUT2D eigenvalue weighted by atomic mass is 16.5. The van der Waals surface area contributed by atoms with E-state index in [-0.39, 0.29) is 12.1 Å². The van der Waals surface area contributed by atoms with Crippen LogP contribution in [0.3, 0.4) is 0 Å². The van der Waals surface area contributed by atoms with E-state index in [0.717, 1.165) is 13.1 Å². The van der Waals surface area contributed by atoms with Crippen LogP contribution in [0, 0.1) is 0 Å². The predicted octanol–water partition coefficient (Wildman–Crippen LogP) is 1.46. The van der Waals surface area contributed by atoms with E-state index in [0.29, 0.717) is 12.2 Å². The Morgan fingerprint density at radius 3 is 2.56 bits per heavy atom. The molecule has 4 heteroatoms. The summed E-state index contributed by atoms with van der Waals surface area (Å²) in [4.78, 5) is 13.2. The third kappa shape index (κ3) is 7.43. The molecular formula is C12H23NO3. The van der Waals surface area contributed by atoms with E-state index in [1.807, 2.05) is 27.0 Å². The van der Waals surface area contributed by atoms with Crippen LogP contribution < -0.4 is 0 Å². The highest BCUT2D eigenvalue weighted by molar-refractivity contribution is 5.87. The number of carbonyl (C=O) groups excluding carboxylic acids is 1. The molecule has 0 fully saturated rings. The van der Waals surface area contributed by atoms with Gasteiger partial charge in [0.15, 0.2) is 0 Å². The molecule has 0 heterocycles. The predicted molar refractivity (Wildman–Crippen MR) is 64.4 cm³/mol. The van der Waals surface area contributed by atoms with Crippen LogP contribution in [0.15, 0.2) is 11.6 Å². The Balaban J connectivity index is 3.79. The number of ether oxygens (including phenoxy) is 2. The lowest BCUT2D eigenvalue weighted by molar-refractivity contribution is -0.136. The number of rotatable bonds is 7. The quantitative estimate of drug-likeness (QED) is 0.489. The summed E-state index contributed by atoms with van der Waals surface area (Å²) in [5.74, 6) is -0.271. The summed E-state index contributed by atoms with van der Waals surface area (Å²) < 4.78 is 10.0. The van der Waals surface area contributed by atoms with Gasteiger partial charge < -0.3 is 14.4 Å². The van der Waals surface area contributed by atoms with Crippen molar-refractivity contribution >= 4 is 5.97 Å². The van der Waals surface area contributed by atoms with Crippen LogP contribution in [0.4, 0.5) is 0 Å². The van der Waals surface area contributed by atoms with Gasteiger partial charge in [-0.15, -0.1) is 0 Å². The molecule has 0 spiro atoms. The van der Waals surface area contributed by atoms with Gasteiger partial charge in [-0.05, 0) is 27.8 Å². The second kappa shape index (κ2) is 8.30. The van der Waals surface area contributed by atoms with Gasteiger partial charge in [-0.1, -0.05) is 6.08 Å². The lowest BCUT2D eigenvalue weighted by Gasteiger charge is -2.15. The van der Waals surface area contributed by atoms with Crippen molar-refractivity contribution in [3.05, 3.63) is 11.6 Å². The number of methoxy groups -OCH3 is 1. The lowest BCUT2D eigenvalue weighted by atomic mass is 10.3. The third-order valence-corrected chi connectivity index (χ3v) is 2.14. The molecule has 0 aliphatic rings. The summed E-state index contributed by atoms with van der Waals surface area (Å²) in [6.07, 6.45) is 2.13. The van der Waals surface area contributed by atoms with Crippen molar-refractivity contribution in [2.75, 3.05) is 33.9 Å². The molecule has 0 amide bonds. The van der Waals surface area contributed by atoms with Crippen molar-refractivity contribution in [3.63, 3.8) is 0 Å². The zero-order valence-electron chi connectivity index (χ0n) is 10.9. The highest BCUT2D eigenvalue weighted by Gasteiger charge is 2.03. The summed E-state index contributed by atoms with van der Waals surface area (Å²) in [6, 6.07) is 0. The maximum absolute atomic E-state index is 11.1. The number of hydrogen-bond acceptors (Lipinski definition) is 4. The smallest absolute Gasteiger partial charge is 0.333 e. The van der Waals surface area contributed by atoms with Crippen molar-refractivity contribution in [3.8, 4) is 0 Å². The molecule has 0 aliphatic heterocycles. The molecule has 0 aliphatic carbocycles. The molecule has 0 saturated carbocycles. The zero-order chi connectivity index (χ0) is 12.6. The average Bonchev–Trinajstić information content (AvgIpc) is 2.24. The summed E-state index contributed by atoms with van der Waals surface area (Å²) in [7, 11) is 3.38. The number of likely N-dealkylation sites (N-methyl/N-ethyl adjacent to an activating group) is 1. The largest absolute Gasteiger partial charge is 0.466 e. The average molecular weight is 229 g/mol. The Hall–Kier alpha value is -0.870. The van der Waals surface area contributed by atoms with Crippen molar-refractivity contribution in [1.82, 2.24) is 4.90 Å². The number of carbonyl (C=O) groups is 1. The first-order valence-electron chi connectivity index (χ1n) is 5.52. The van der Waals surface area contributed by atoms with E-state index in [2.05, 4.69) is 9.64 Å². The van der Waals surface area contributed by atoms with Crippen molar-refractivity contribution in [1.29, 1.82) is 0 Å². The molecule has 0 rings (SSSR count). The van der Waals surface area contributed by atoms with Crippen molar-refractivity contribution in [2.45, 2.75) is 26.9 Å². The maximum Gasteiger partial charge on any atom is 0.333 e. The Kier molecular flexibility index (Phi) is 7.85. The topological polar surface area (TPSA) is 38.8 Å². The number of nitrogens with zero attached hydrogens (tertiary/aromatic N) is 1. The molecule has 0 aromatic carbocycles. The Bertz CT molecular complexity index is 236. The van der Waals surface area contributed by atoms with Crippen molar-refractivity contribution < 1.29 is 14.3 Å². The Morgan fingerprint density at radius 1 is 1.44 bits per heavy atom. The summed E-state index contributed by atoms with van der Waals surface area (Å²) in [5, 5.41) is 0. The monoisotopic (exact) mass is 229 g/mol. The van der Waals surface area contributed by atoms with Gasteiger partial charge in [-0.3, -0.25) is 0 Å². The lowest BCUT2D eigenvalue weighted by Crippen LogP contribution is -2.25. The summed E-state index contributed by atoms with van der Waals surface area (Å²) >= 11 is 0. The van der Waals surface area contributed by atoms with E-state index in [1.165, 1.54) is 7.11 Å². The fourth-order valence-electron chi connectivity index (χ4n) is 1.07. The van der Waals surface area contributed by atoms with Crippen LogP contribution in [-0.4, -0.2) is 50.8 Å². The van der Waals surface area contributed by atoms with Gasteiger partial charge in [0.25, 0.3) is 0 Å². The van der Waals surface area contributed by atoms with Crippen LogP contribution in [0.1, 0.15) is 20.8 Å². The minimum Gasteiger partial charge on any atom is -0.466 e. The van der Waals surface area contributed by atoms with Crippen LogP contribution in [0.25, 0.3) is 0 Å². The normalized spacial score (nSPS) is 12.3. The van der Waals surface area contributed by atoms with Crippen LogP contribution in [0.2, 0.25) is 0 Å². The zero-order valence-corrected chi connectivity index (χ0v) is 10.9. The van der Waals surface area contributed by atoms with E-state index < -0.39 is 0 Å². The van der Waals surface area contributed by atoms with E-state index in [9.17, 15) is 4.79 Å². The fraction of sp³-hybridized carbons (Fsp3) is 0.750. The SMILES string of the molecule is COC(=O)C(C)=CCN(C)CCOC(C)C. The third-order valence-electron chi connectivity index (χ3n) is 2.14. The first-order chi connectivity index (χ1) is 7.47. The standard InChI is InChI=1S/C12H23NO3/c1-10(2)16-9-8-13(4)7-6-11(3)12(14)15-5/h6,10H,7-9H2,1-5H3.